The second kappa shape index (κ2) is 6.55. The molecule has 0 spiro atoms. The Balaban J connectivity index is 2.06. The zero-order valence-corrected chi connectivity index (χ0v) is 11.7. The number of guanidine groups is 1. The van der Waals surface area contributed by atoms with Gasteiger partial charge in [-0.2, -0.15) is 0 Å². The van der Waals surface area contributed by atoms with Crippen molar-refractivity contribution >= 4 is 5.96 Å². The van der Waals surface area contributed by atoms with Gasteiger partial charge in [-0.1, -0.05) is 12.1 Å². The van der Waals surface area contributed by atoms with E-state index in [2.05, 4.69) is 22.1 Å². The Morgan fingerprint density at radius 3 is 2.74 bits per heavy atom. The first-order chi connectivity index (χ1) is 9.20. The molecular weight excluding hydrogens is 241 g/mol. The van der Waals surface area contributed by atoms with E-state index in [1.54, 1.807) is 13.0 Å². The highest BCUT2D eigenvalue weighted by Gasteiger charge is 2.15. The number of benzene rings is 1. The quantitative estimate of drug-likeness (QED) is 0.670. The van der Waals surface area contributed by atoms with Gasteiger partial charge in [-0.05, 0) is 43.9 Å². The van der Waals surface area contributed by atoms with Crippen LogP contribution in [0.25, 0.3) is 0 Å². The number of aryl methyl sites for hydroxylation is 1. The zero-order valence-electron chi connectivity index (χ0n) is 11.7. The molecule has 0 radical (unpaired) electrons. The third-order valence-corrected chi connectivity index (χ3v) is 3.37. The van der Waals surface area contributed by atoms with Gasteiger partial charge < -0.3 is 10.2 Å². The predicted molar refractivity (Wildman–Crippen MR) is 76.8 cm³/mol. The van der Waals surface area contributed by atoms with Gasteiger partial charge in [0.1, 0.15) is 5.82 Å². The molecule has 0 aromatic heterocycles. The molecule has 0 aliphatic carbocycles. The number of rotatable bonds is 3. The van der Waals surface area contributed by atoms with E-state index >= 15 is 0 Å². The topological polar surface area (TPSA) is 27.6 Å². The number of nitrogens with one attached hydrogen (secondary N) is 1. The average Bonchev–Trinajstić information content (AvgIpc) is 2.92. The van der Waals surface area contributed by atoms with E-state index < -0.39 is 0 Å². The van der Waals surface area contributed by atoms with Crippen LogP contribution in [0, 0.1) is 12.7 Å². The molecule has 0 bridgehead atoms. The van der Waals surface area contributed by atoms with Gasteiger partial charge in [0.25, 0.3) is 0 Å². The zero-order chi connectivity index (χ0) is 13.7. The summed E-state index contributed by atoms with van der Waals surface area (Å²) >= 11 is 0. The van der Waals surface area contributed by atoms with Gasteiger partial charge in [0.15, 0.2) is 5.96 Å². The monoisotopic (exact) mass is 263 g/mol. The minimum atomic E-state index is -0.154. The van der Waals surface area contributed by atoms with Gasteiger partial charge >= 0.3 is 0 Å². The van der Waals surface area contributed by atoms with Crippen LogP contribution in [0.3, 0.4) is 0 Å². The van der Waals surface area contributed by atoms with Crippen molar-refractivity contribution in [2.45, 2.75) is 33.2 Å². The van der Waals surface area contributed by atoms with Crippen molar-refractivity contribution in [3.05, 3.63) is 35.1 Å². The lowest BCUT2D eigenvalue weighted by Crippen LogP contribution is -2.39. The SMILES string of the molecule is CCNC(=NCc1ccc(F)c(C)c1)N1CCCC1. The summed E-state index contributed by atoms with van der Waals surface area (Å²) in [5.74, 6) is 0.821. The molecule has 1 aliphatic heterocycles. The lowest BCUT2D eigenvalue weighted by Gasteiger charge is -2.20. The molecule has 0 atom stereocenters. The molecule has 2 rings (SSSR count). The van der Waals surface area contributed by atoms with E-state index in [0.29, 0.717) is 12.1 Å². The Morgan fingerprint density at radius 2 is 2.11 bits per heavy atom. The Hall–Kier alpha value is -1.58. The standard InChI is InChI=1S/C15H22FN3/c1-3-17-15(19-8-4-5-9-19)18-11-13-6-7-14(16)12(2)10-13/h6-7,10H,3-5,8-9,11H2,1-2H3,(H,17,18). The molecule has 0 unspecified atom stereocenters. The molecule has 1 aromatic carbocycles. The van der Waals surface area contributed by atoms with Crippen molar-refractivity contribution in [2.75, 3.05) is 19.6 Å². The highest BCUT2D eigenvalue weighted by atomic mass is 19.1. The normalized spacial score (nSPS) is 15.9. The van der Waals surface area contributed by atoms with E-state index in [9.17, 15) is 4.39 Å². The molecule has 0 amide bonds. The summed E-state index contributed by atoms with van der Waals surface area (Å²) in [6.45, 7) is 7.49. The predicted octanol–water partition coefficient (Wildman–Crippen LogP) is 2.70. The smallest absolute Gasteiger partial charge is 0.194 e. The maximum atomic E-state index is 13.2. The van der Waals surface area contributed by atoms with Crippen LogP contribution in [0.4, 0.5) is 4.39 Å². The van der Waals surface area contributed by atoms with E-state index in [1.807, 2.05) is 6.07 Å². The van der Waals surface area contributed by atoms with Crippen molar-refractivity contribution in [3.8, 4) is 0 Å². The lowest BCUT2D eigenvalue weighted by molar-refractivity contribution is 0.493. The highest BCUT2D eigenvalue weighted by Crippen LogP contribution is 2.11. The number of nitrogens with zero attached hydrogens (tertiary/aromatic N) is 2. The summed E-state index contributed by atoms with van der Waals surface area (Å²) < 4.78 is 13.2. The van der Waals surface area contributed by atoms with Gasteiger partial charge in [0.2, 0.25) is 0 Å². The van der Waals surface area contributed by atoms with Gasteiger partial charge in [0, 0.05) is 19.6 Å². The fraction of sp³-hybridized carbons (Fsp3) is 0.533. The number of halogens is 1. The molecule has 1 fully saturated rings. The molecule has 1 heterocycles. The van der Waals surface area contributed by atoms with E-state index in [0.717, 1.165) is 31.2 Å². The molecular formula is C15H22FN3. The highest BCUT2D eigenvalue weighted by molar-refractivity contribution is 5.80. The van der Waals surface area contributed by atoms with Crippen LogP contribution >= 0.6 is 0 Å². The number of hydrogen-bond donors (Lipinski definition) is 1. The molecule has 4 heteroatoms. The second-order valence-corrected chi connectivity index (χ2v) is 4.95. The van der Waals surface area contributed by atoms with Crippen molar-refractivity contribution in [1.82, 2.24) is 10.2 Å². The van der Waals surface area contributed by atoms with Crippen LogP contribution < -0.4 is 5.32 Å². The van der Waals surface area contributed by atoms with Gasteiger partial charge in [-0.15, -0.1) is 0 Å². The van der Waals surface area contributed by atoms with Crippen molar-refractivity contribution in [1.29, 1.82) is 0 Å². The van der Waals surface area contributed by atoms with E-state index in [1.165, 1.54) is 18.9 Å². The summed E-state index contributed by atoms with van der Waals surface area (Å²) in [5, 5.41) is 3.32. The van der Waals surface area contributed by atoms with Crippen molar-refractivity contribution in [3.63, 3.8) is 0 Å². The van der Waals surface area contributed by atoms with Crippen LogP contribution in [-0.4, -0.2) is 30.5 Å². The lowest BCUT2D eigenvalue weighted by atomic mass is 10.1. The first-order valence-electron chi connectivity index (χ1n) is 6.99. The van der Waals surface area contributed by atoms with Crippen LogP contribution in [-0.2, 0) is 6.54 Å². The Morgan fingerprint density at radius 1 is 1.37 bits per heavy atom. The molecule has 1 aromatic rings. The molecule has 0 saturated carbocycles. The van der Waals surface area contributed by atoms with Crippen LogP contribution in [0.2, 0.25) is 0 Å². The first-order valence-corrected chi connectivity index (χ1v) is 6.99. The molecule has 104 valence electrons. The Kier molecular flexibility index (Phi) is 4.77. The molecule has 1 aliphatic rings. The third kappa shape index (κ3) is 3.69. The largest absolute Gasteiger partial charge is 0.357 e. The van der Waals surface area contributed by atoms with Gasteiger partial charge in [0.05, 0.1) is 6.54 Å². The molecule has 1 saturated heterocycles. The fourth-order valence-electron chi connectivity index (χ4n) is 2.33. The van der Waals surface area contributed by atoms with Crippen LogP contribution in [0.5, 0.6) is 0 Å². The Labute approximate surface area is 114 Å². The van der Waals surface area contributed by atoms with Gasteiger partial charge in [-0.25, -0.2) is 9.38 Å². The second-order valence-electron chi connectivity index (χ2n) is 4.95. The maximum absolute atomic E-state index is 13.2. The fourth-order valence-corrected chi connectivity index (χ4v) is 2.33. The van der Waals surface area contributed by atoms with E-state index in [4.69, 9.17) is 0 Å². The average molecular weight is 263 g/mol. The summed E-state index contributed by atoms with van der Waals surface area (Å²) in [5.41, 5.74) is 1.73. The summed E-state index contributed by atoms with van der Waals surface area (Å²) in [6.07, 6.45) is 2.47. The first kappa shape index (κ1) is 13.8. The Bertz CT molecular complexity index is 451. The van der Waals surface area contributed by atoms with Crippen LogP contribution in [0.15, 0.2) is 23.2 Å². The van der Waals surface area contributed by atoms with Crippen molar-refractivity contribution in [2.24, 2.45) is 4.99 Å². The maximum Gasteiger partial charge on any atom is 0.194 e. The minimum Gasteiger partial charge on any atom is -0.357 e. The van der Waals surface area contributed by atoms with Crippen LogP contribution in [0.1, 0.15) is 30.9 Å². The molecule has 1 N–H and O–H groups in total. The van der Waals surface area contributed by atoms with E-state index in [-0.39, 0.29) is 5.82 Å². The summed E-state index contributed by atoms with van der Waals surface area (Å²) in [6, 6.07) is 5.19. The minimum absolute atomic E-state index is 0.154. The van der Waals surface area contributed by atoms with Gasteiger partial charge in [-0.3, -0.25) is 0 Å². The third-order valence-electron chi connectivity index (χ3n) is 3.37. The number of hydrogen-bond acceptors (Lipinski definition) is 1. The number of likely N-dealkylation sites (tertiary alicyclic amines) is 1. The molecule has 3 nitrogen and oxygen atoms in total. The summed E-state index contributed by atoms with van der Waals surface area (Å²) in [4.78, 5) is 6.94. The summed E-state index contributed by atoms with van der Waals surface area (Å²) in [7, 11) is 0. The molecule has 19 heavy (non-hydrogen) atoms. The van der Waals surface area contributed by atoms with Crippen molar-refractivity contribution < 1.29 is 4.39 Å². The number of aliphatic imine (C=N–C) groups is 1.